The Morgan fingerprint density at radius 2 is 1.81 bits per heavy atom. The second kappa shape index (κ2) is 7.46. The van der Waals surface area contributed by atoms with Gasteiger partial charge in [0.15, 0.2) is 10.9 Å². The third-order valence-corrected chi connectivity index (χ3v) is 5.70. The van der Waals surface area contributed by atoms with E-state index in [1.54, 1.807) is 24.3 Å². The van der Waals surface area contributed by atoms with E-state index in [9.17, 15) is 9.59 Å². The molecule has 1 unspecified atom stereocenters. The lowest BCUT2D eigenvalue weighted by Crippen LogP contribution is -2.27. The van der Waals surface area contributed by atoms with Crippen molar-refractivity contribution in [3.05, 3.63) is 35.7 Å². The van der Waals surface area contributed by atoms with Gasteiger partial charge in [-0.3, -0.25) is 9.59 Å². The highest BCUT2D eigenvalue weighted by Gasteiger charge is 2.30. The SMILES string of the molecule is CC(Sc1nnc(C2CC2)n1C)C(=O)c1ccc(NC(=O)C(C)(C)C)cc1. The zero-order chi connectivity index (χ0) is 19.8. The van der Waals surface area contributed by atoms with Gasteiger partial charge in [-0.2, -0.15) is 0 Å². The van der Waals surface area contributed by atoms with Gasteiger partial charge in [-0.1, -0.05) is 32.5 Å². The van der Waals surface area contributed by atoms with Crippen molar-refractivity contribution in [2.45, 2.75) is 56.9 Å². The fourth-order valence-electron chi connectivity index (χ4n) is 2.61. The number of Topliss-reactive ketones (excluding diaryl/α,β-unsaturated/α-hetero) is 1. The Morgan fingerprint density at radius 3 is 2.37 bits per heavy atom. The Morgan fingerprint density at radius 1 is 1.19 bits per heavy atom. The van der Waals surface area contributed by atoms with Crippen LogP contribution < -0.4 is 5.32 Å². The maximum Gasteiger partial charge on any atom is 0.229 e. The van der Waals surface area contributed by atoms with E-state index >= 15 is 0 Å². The fourth-order valence-corrected chi connectivity index (χ4v) is 3.51. The number of thioether (sulfide) groups is 1. The van der Waals surface area contributed by atoms with Crippen LogP contribution in [0.15, 0.2) is 29.4 Å². The number of nitrogens with zero attached hydrogens (tertiary/aromatic N) is 3. The molecule has 1 N–H and O–H groups in total. The van der Waals surface area contributed by atoms with Gasteiger partial charge in [-0.05, 0) is 44.0 Å². The van der Waals surface area contributed by atoms with Crippen LogP contribution in [0.1, 0.15) is 62.6 Å². The number of hydrogen-bond donors (Lipinski definition) is 1. The minimum absolute atomic E-state index is 0.0321. The first-order chi connectivity index (χ1) is 12.7. The number of anilines is 1. The lowest BCUT2D eigenvalue weighted by atomic mass is 9.95. The summed E-state index contributed by atoms with van der Waals surface area (Å²) >= 11 is 1.43. The predicted octanol–water partition coefficient (Wildman–Crippen LogP) is 4.04. The number of benzene rings is 1. The highest BCUT2D eigenvalue weighted by Crippen LogP contribution is 2.40. The number of nitrogens with one attached hydrogen (secondary N) is 1. The molecule has 27 heavy (non-hydrogen) atoms. The number of amides is 1. The Labute approximate surface area is 164 Å². The zero-order valence-corrected chi connectivity index (χ0v) is 17.3. The second-order valence-corrected chi connectivity index (χ2v) is 9.39. The lowest BCUT2D eigenvalue weighted by Gasteiger charge is -2.17. The summed E-state index contributed by atoms with van der Waals surface area (Å²) in [5.74, 6) is 1.51. The number of carbonyl (C=O) groups excluding carboxylic acids is 2. The molecule has 1 aromatic carbocycles. The van der Waals surface area contributed by atoms with Crippen LogP contribution in [0, 0.1) is 5.41 Å². The number of ketones is 1. The molecule has 1 heterocycles. The summed E-state index contributed by atoms with van der Waals surface area (Å²) in [6.45, 7) is 7.47. The Bertz CT molecular complexity index is 848. The summed E-state index contributed by atoms with van der Waals surface area (Å²) in [6, 6.07) is 7.04. The highest BCUT2D eigenvalue weighted by atomic mass is 32.2. The molecule has 1 saturated carbocycles. The van der Waals surface area contributed by atoms with Crippen molar-refractivity contribution in [1.29, 1.82) is 0 Å². The van der Waals surface area contributed by atoms with Crippen LogP contribution in [0.4, 0.5) is 5.69 Å². The van der Waals surface area contributed by atoms with Gasteiger partial charge in [0.1, 0.15) is 5.82 Å². The predicted molar refractivity (Wildman–Crippen MR) is 107 cm³/mol. The molecule has 1 amide bonds. The molecule has 0 spiro atoms. The quantitative estimate of drug-likeness (QED) is 0.599. The molecule has 1 atom stereocenters. The first-order valence-electron chi connectivity index (χ1n) is 9.18. The number of hydrogen-bond acceptors (Lipinski definition) is 5. The highest BCUT2D eigenvalue weighted by molar-refractivity contribution is 8.00. The van der Waals surface area contributed by atoms with Gasteiger partial charge < -0.3 is 9.88 Å². The van der Waals surface area contributed by atoms with E-state index in [0.717, 1.165) is 11.0 Å². The minimum atomic E-state index is -0.463. The molecule has 6 nitrogen and oxygen atoms in total. The van der Waals surface area contributed by atoms with Gasteiger partial charge in [-0.25, -0.2) is 0 Å². The summed E-state index contributed by atoms with van der Waals surface area (Å²) < 4.78 is 2.00. The van der Waals surface area contributed by atoms with E-state index in [1.807, 2.05) is 39.3 Å². The molecular weight excluding hydrogens is 360 g/mol. The molecule has 1 aromatic heterocycles. The first kappa shape index (κ1) is 19.6. The molecule has 144 valence electrons. The average Bonchev–Trinajstić information content (AvgIpc) is 3.39. The van der Waals surface area contributed by atoms with Gasteiger partial charge in [-0.15, -0.1) is 10.2 Å². The fraction of sp³-hybridized carbons (Fsp3) is 0.500. The first-order valence-corrected chi connectivity index (χ1v) is 10.1. The molecule has 1 aliphatic rings. The summed E-state index contributed by atoms with van der Waals surface area (Å²) in [7, 11) is 1.96. The second-order valence-electron chi connectivity index (χ2n) is 8.08. The number of rotatable bonds is 6. The van der Waals surface area contributed by atoms with Crippen molar-refractivity contribution >= 4 is 29.1 Å². The molecule has 1 fully saturated rings. The normalized spacial score (nSPS) is 15.4. The van der Waals surface area contributed by atoms with Crippen molar-refractivity contribution in [3.8, 4) is 0 Å². The standard InChI is InChI=1S/C20H26N4O2S/c1-12(27-19-23-22-17(24(19)5)14-6-7-14)16(25)13-8-10-15(11-9-13)21-18(26)20(2,3)4/h8-12,14H,6-7H2,1-5H3,(H,21,26). The van der Waals surface area contributed by atoms with Crippen molar-refractivity contribution in [2.75, 3.05) is 5.32 Å². The molecule has 3 rings (SSSR count). The van der Waals surface area contributed by atoms with Crippen LogP contribution in [-0.2, 0) is 11.8 Å². The van der Waals surface area contributed by atoms with Crippen LogP contribution in [0.3, 0.4) is 0 Å². The molecule has 0 radical (unpaired) electrons. The molecule has 1 aliphatic carbocycles. The van der Waals surface area contributed by atoms with Gasteiger partial charge in [0.2, 0.25) is 5.91 Å². The maximum absolute atomic E-state index is 12.7. The minimum Gasteiger partial charge on any atom is -0.326 e. The Hall–Kier alpha value is -2.15. The van der Waals surface area contributed by atoms with Crippen LogP contribution in [0.25, 0.3) is 0 Å². The van der Waals surface area contributed by atoms with Crippen LogP contribution in [-0.4, -0.2) is 31.7 Å². The molecule has 0 bridgehead atoms. The summed E-state index contributed by atoms with van der Waals surface area (Å²) in [4.78, 5) is 24.8. The van der Waals surface area contributed by atoms with E-state index in [-0.39, 0.29) is 16.9 Å². The molecule has 2 aromatic rings. The van der Waals surface area contributed by atoms with Gasteiger partial charge in [0.05, 0.1) is 5.25 Å². The molecule has 0 aliphatic heterocycles. The van der Waals surface area contributed by atoms with Gasteiger partial charge in [0.25, 0.3) is 0 Å². The van der Waals surface area contributed by atoms with Crippen molar-refractivity contribution < 1.29 is 9.59 Å². The smallest absolute Gasteiger partial charge is 0.229 e. The van der Waals surface area contributed by atoms with Gasteiger partial charge >= 0.3 is 0 Å². The van der Waals surface area contributed by atoms with Crippen molar-refractivity contribution in [1.82, 2.24) is 14.8 Å². The van der Waals surface area contributed by atoms with Gasteiger partial charge in [0, 0.05) is 29.6 Å². The topological polar surface area (TPSA) is 76.9 Å². The zero-order valence-electron chi connectivity index (χ0n) is 16.4. The summed E-state index contributed by atoms with van der Waals surface area (Å²) in [5, 5.41) is 11.9. The largest absolute Gasteiger partial charge is 0.326 e. The number of carbonyl (C=O) groups is 2. The molecular formula is C20H26N4O2S. The third-order valence-electron chi connectivity index (χ3n) is 4.57. The van der Waals surface area contributed by atoms with E-state index < -0.39 is 5.41 Å². The van der Waals surface area contributed by atoms with Crippen LogP contribution >= 0.6 is 11.8 Å². The van der Waals surface area contributed by atoms with E-state index in [2.05, 4.69) is 15.5 Å². The number of aromatic nitrogens is 3. The van der Waals surface area contributed by atoms with Crippen LogP contribution in [0.5, 0.6) is 0 Å². The monoisotopic (exact) mass is 386 g/mol. The lowest BCUT2D eigenvalue weighted by molar-refractivity contribution is -0.123. The van der Waals surface area contributed by atoms with E-state index in [0.29, 0.717) is 17.2 Å². The summed E-state index contributed by atoms with van der Waals surface area (Å²) in [6.07, 6.45) is 2.34. The third kappa shape index (κ3) is 4.58. The molecule has 0 saturated heterocycles. The maximum atomic E-state index is 12.7. The van der Waals surface area contributed by atoms with E-state index in [4.69, 9.17) is 0 Å². The van der Waals surface area contributed by atoms with Crippen LogP contribution in [0.2, 0.25) is 0 Å². The van der Waals surface area contributed by atoms with Crippen molar-refractivity contribution in [3.63, 3.8) is 0 Å². The van der Waals surface area contributed by atoms with E-state index in [1.165, 1.54) is 24.6 Å². The Kier molecular flexibility index (Phi) is 5.42. The van der Waals surface area contributed by atoms with Crippen molar-refractivity contribution in [2.24, 2.45) is 12.5 Å². The average molecular weight is 387 g/mol. The summed E-state index contributed by atoms with van der Waals surface area (Å²) in [5.41, 5.74) is 0.845. The molecule has 7 heteroatoms. The Balaban J connectivity index is 1.64.